The zero-order valence-electron chi connectivity index (χ0n) is 9.27. The van der Waals surface area contributed by atoms with Crippen molar-refractivity contribution in [3.05, 3.63) is 0 Å². The number of amides is 2. The molecule has 1 rings (SSSR count). The maximum absolute atomic E-state index is 11.6. The Bertz CT molecular complexity index is 253. The Kier molecular flexibility index (Phi) is 4.08. The minimum atomic E-state index is -0.408. The van der Waals surface area contributed by atoms with E-state index in [2.05, 4.69) is 0 Å². The molecule has 0 aromatic carbocycles. The molecule has 1 saturated heterocycles. The van der Waals surface area contributed by atoms with Gasteiger partial charge in [-0.1, -0.05) is 0 Å². The highest BCUT2D eigenvalue weighted by Gasteiger charge is 2.23. The summed E-state index contributed by atoms with van der Waals surface area (Å²) in [5, 5.41) is 9.13. The summed E-state index contributed by atoms with van der Waals surface area (Å²) < 4.78 is 0. The summed E-state index contributed by atoms with van der Waals surface area (Å²) in [6, 6.07) is 0. The summed E-state index contributed by atoms with van der Waals surface area (Å²) in [4.78, 5) is 26.1. The van der Waals surface area contributed by atoms with E-state index in [9.17, 15) is 9.59 Å². The molecule has 1 N–H and O–H groups in total. The van der Waals surface area contributed by atoms with Gasteiger partial charge in [-0.15, -0.1) is 0 Å². The molecule has 15 heavy (non-hydrogen) atoms. The molecule has 0 bridgehead atoms. The minimum absolute atomic E-state index is 0.00268. The van der Waals surface area contributed by atoms with Crippen LogP contribution in [-0.2, 0) is 9.59 Å². The molecule has 0 radical (unpaired) electrons. The number of nitrogens with zero attached hydrogens (tertiary/aromatic N) is 2. The average molecular weight is 214 g/mol. The fraction of sp³-hybridized carbons (Fsp3) is 0.800. The van der Waals surface area contributed by atoms with Crippen LogP contribution in [0.15, 0.2) is 0 Å². The second-order valence-electron chi connectivity index (χ2n) is 4.02. The number of aliphatic hydroxyl groups excluding tert-OH is 1. The quantitative estimate of drug-likeness (QED) is 0.685. The van der Waals surface area contributed by atoms with E-state index < -0.39 is 6.10 Å². The second-order valence-corrected chi connectivity index (χ2v) is 4.02. The third-order valence-corrected chi connectivity index (χ3v) is 2.56. The SMILES string of the molecule is CC(O)CCN1CCC(=O)N(C)CC1=O. The third-order valence-electron chi connectivity index (χ3n) is 2.56. The summed E-state index contributed by atoms with van der Waals surface area (Å²) in [6.45, 7) is 2.84. The van der Waals surface area contributed by atoms with E-state index in [0.29, 0.717) is 25.9 Å². The van der Waals surface area contributed by atoms with Crippen molar-refractivity contribution < 1.29 is 14.7 Å². The molecule has 1 fully saturated rings. The summed E-state index contributed by atoms with van der Waals surface area (Å²) in [5.41, 5.74) is 0. The predicted octanol–water partition coefficient (Wildman–Crippen LogP) is -0.552. The van der Waals surface area contributed by atoms with Crippen molar-refractivity contribution in [2.24, 2.45) is 0 Å². The Labute approximate surface area is 89.7 Å². The van der Waals surface area contributed by atoms with Gasteiger partial charge < -0.3 is 14.9 Å². The first-order chi connectivity index (χ1) is 7.00. The Balaban J connectivity index is 2.51. The minimum Gasteiger partial charge on any atom is -0.393 e. The number of hydrogen-bond acceptors (Lipinski definition) is 3. The fourth-order valence-electron chi connectivity index (χ4n) is 1.52. The van der Waals surface area contributed by atoms with Crippen molar-refractivity contribution in [2.45, 2.75) is 25.9 Å². The van der Waals surface area contributed by atoms with Crippen LogP contribution in [0.25, 0.3) is 0 Å². The van der Waals surface area contributed by atoms with Gasteiger partial charge >= 0.3 is 0 Å². The molecule has 0 aliphatic carbocycles. The summed E-state index contributed by atoms with van der Waals surface area (Å²) >= 11 is 0. The molecular formula is C10H18N2O3. The number of carbonyl (C=O) groups is 2. The van der Waals surface area contributed by atoms with Gasteiger partial charge in [0, 0.05) is 26.6 Å². The lowest BCUT2D eigenvalue weighted by molar-refractivity contribution is -0.135. The Morgan fingerprint density at radius 2 is 2.07 bits per heavy atom. The Hall–Kier alpha value is -1.10. The summed E-state index contributed by atoms with van der Waals surface area (Å²) in [5.74, 6) is -0.0353. The maximum atomic E-state index is 11.6. The molecule has 1 aliphatic rings. The smallest absolute Gasteiger partial charge is 0.242 e. The highest BCUT2D eigenvalue weighted by Crippen LogP contribution is 2.05. The van der Waals surface area contributed by atoms with Gasteiger partial charge in [0.1, 0.15) is 0 Å². The van der Waals surface area contributed by atoms with Crippen LogP contribution >= 0.6 is 0 Å². The van der Waals surface area contributed by atoms with E-state index in [-0.39, 0.29) is 18.4 Å². The van der Waals surface area contributed by atoms with Crippen LogP contribution in [-0.4, -0.2) is 59.5 Å². The van der Waals surface area contributed by atoms with Gasteiger partial charge in [-0.2, -0.15) is 0 Å². The lowest BCUT2D eigenvalue weighted by Crippen LogP contribution is -2.37. The van der Waals surface area contributed by atoms with Crippen molar-refractivity contribution >= 4 is 11.8 Å². The van der Waals surface area contributed by atoms with E-state index in [1.807, 2.05) is 0 Å². The van der Waals surface area contributed by atoms with Gasteiger partial charge in [0.15, 0.2) is 0 Å². The van der Waals surface area contributed by atoms with Crippen molar-refractivity contribution in [3.8, 4) is 0 Å². The standard InChI is InChI=1S/C10H18N2O3/c1-8(13)3-5-12-6-4-9(14)11(2)7-10(12)15/h8,13H,3-7H2,1-2H3. The number of hydrogen-bond donors (Lipinski definition) is 1. The van der Waals surface area contributed by atoms with E-state index in [0.717, 1.165) is 0 Å². The zero-order valence-corrected chi connectivity index (χ0v) is 9.27. The molecule has 1 heterocycles. The van der Waals surface area contributed by atoms with Crippen LogP contribution < -0.4 is 0 Å². The predicted molar refractivity (Wildman–Crippen MR) is 55.1 cm³/mol. The molecule has 5 heteroatoms. The van der Waals surface area contributed by atoms with E-state index in [4.69, 9.17) is 5.11 Å². The molecule has 0 saturated carbocycles. The van der Waals surface area contributed by atoms with Gasteiger partial charge in [-0.25, -0.2) is 0 Å². The molecule has 0 aromatic heterocycles. The van der Waals surface area contributed by atoms with Crippen molar-refractivity contribution in [1.82, 2.24) is 9.80 Å². The highest BCUT2D eigenvalue weighted by atomic mass is 16.3. The molecule has 86 valence electrons. The largest absolute Gasteiger partial charge is 0.393 e. The van der Waals surface area contributed by atoms with Crippen LogP contribution in [0.4, 0.5) is 0 Å². The average Bonchev–Trinajstić information content (AvgIpc) is 2.26. The first-order valence-electron chi connectivity index (χ1n) is 5.20. The summed E-state index contributed by atoms with van der Waals surface area (Å²) in [7, 11) is 1.64. The van der Waals surface area contributed by atoms with Gasteiger partial charge in [0.25, 0.3) is 0 Å². The Morgan fingerprint density at radius 3 is 2.67 bits per heavy atom. The van der Waals surface area contributed by atoms with Crippen LogP contribution in [0.1, 0.15) is 19.8 Å². The van der Waals surface area contributed by atoms with E-state index >= 15 is 0 Å². The number of carbonyl (C=O) groups excluding carboxylic acids is 2. The van der Waals surface area contributed by atoms with E-state index in [1.54, 1.807) is 18.9 Å². The second kappa shape index (κ2) is 5.11. The third kappa shape index (κ3) is 3.51. The normalized spacial score (nSPS) is 20.5. The lowest BCUT2D eigenvalue weighted by atomic mass is 10.2. The molecule has 0 aromatic rings. The molecule has 1 unspecified atom stereocenters. The molecule has 2 amide bonds. The van der Waals surface area contributed by atoms with Crippen molar-refractivity contribution in [1.29, 1.82) is 0 Å². The highest BCUT2D eigenvalue weighted by molar-refractivity contribution is 5.87. The van der Waals surface area contributed by atoms with Gasteiger partial charge in [0.05, 0.1) is 12.6 Å². The topological polar surface area (TPSA) is 60.9 Å². The maximum Gasteiger partial charge on any atom is 0.242 e. The monoisotopic (exact) mass is 214 g/mol. The number of rotatable bonds is 3. The molecular weight excluding hydrogens is 196 g/mol. The van der Waals surface area contributed by atoms with E-state index in [1.165, 1.54) is 4.90 Å². The lowest BCUT2D eigenvalue weighted by Gasteiger charge is -2.20. The Morgan fingerprint density at radius 1 is 1.40 bits per heavy atom. The van der Waals surface area contributed by atoms with Crippen molar-refractivity contribution in [2.75, 3.05) is 26.7 Å². The van der Waals surface area contributed by atoms with Crippen LogP contribution in [0.2, 0.25) is 0 Å². The fourth-order valence-corrected chi connectivity index (χ4v) is 1.52. The van der Waals surface area contributed by atoms with Crippen LogP contribution in [0.3, 0.4) is 0 Å². The first kappa shape index (κ1) is 12.0. The van der Waals surface area contributed by atoms with Crippen molar-refractivity contribution in [3.63, 3.8) is 0 Å². The first-order valence-corrected chi connectivity index (χ1v) is 5.20. The van der Waals surface area contributed by atoms with Gasteiger partial charge in [-0.05, 0) is 13.3 Å². The summed E-state index contributed by atoms with van der Waals surface area (Å²) in [6.07, 6.45) is 0.528. The number of likely N-dealkylation sites (N-methyl/N-ethyl adjacent to an activating group) is 1. The van der Waals surface area contributed by atoms with Crippen LogP contribution in [0, 0.1) is 0 Å². The van der Waals surface area contributed by atoms with Crippen LogP contribution in [0.5, 0.6) is 0 Å². The van der Waals surface area contributed by atoms with Gasteiger partial charge in [0.2, 0.25) is 11.8 Å². The molecule has 1 atom stereocenters. The number of aliphatic hydroxyl groups is 1. The molecule has 1 aliphatic heterocycles. The molecule has 0 spiro atoms. The molecule has 5 nitrogen and oxygen atoms in total. The van der Waals surface area contributed by atoms with Gasteiger partial charge in [-0.3, -0.25) is 9.59 Å². The zero-order chi connectivity index (χ0) is 11.4.